The highest BCUT2D eigenvalue weighted by Crippen LogP contribution is 2.46. The molecule has 0 radical (unpaired) electrons. The third-order valence-corrected chi connectivity index (χ3v) is 9.11. The number of nitrogens with one attached hydrogen (secondary N) is 2. The Labute approximate surface area is 281 Å². The Balaban J connectivity index is 1.89. The van der Waals surface area contributed by atoms with Gasteiger partial charge in [-0.2, -0.15) is 13.2 Å². The molecule has 0 saturated carbocycles. The van der Waals surface area contributed by atoms with Crippen molar-refractivity contribution in [3.05, 3.63) is 27.4 Å². The van der Waals surface area contributed by atoms with E-state index in [1.54, 1.807) is 5.32 Å². The van der Waals surface area contributed by atoms with E-state index < -0.39 is 68.7 Å². The number of nitrogens with zero attached hydrogens (tertiary/aromatic N) is 1. The molecule has 1 saturated heterocycles. The average Bonchev–Trinajstić information content (AvgIpc) is 3.23. The molecule has 0 aliphatic carbocycles. The van der Waals surface area contributed by atoms with Crippen LogP contribution in [0.1, 0.15) is 119 Å². The maximum Gasteiger partial charge on any atom is 0.472 e. The van der Waals surface area contributed by atoms with Crippen LogP contribution in [0.3, 0.4) is 0 Å². The smallest absolute Gasteiger partial charge is 0.387 e. The molecule has 2 heterocycles. The van der Waals surface area contributed by atoms with Crippen LogP contribution in [0.15, 0.2) is 17.1 Å². The first-order chi connectivity index (χ1) is 22.8. The Bertz CT molecular complexity index is 1340. The largest absolute Gasteiger partial charge is 0.472 e. The highest BCUT2D eigenvalue weighted by atomic mass is 32.1. The molecule has 12 nitrogen and oxygen atoms in total. The van der Waals surface area contributed by atoms with E-state index in [0.717, 1.165) is 55.9 Å². The summed E-state index contributed by atoms with van der Waals surface area (Å²) in [5.41, 5.74) is -2.83. The number of ether oxygens (including phenoxy) is 1. The first-order valence-corrected chi connectivity index (χ1v) is 18.2. The highest BCUT2D eigenvalue weighted by Gasteiger charge is 2.53. The first-order valence-electron chi connectivity index (χ1n) is 17.2. The van der Waals surface area contributed by atoms with Gasteiger partial charge in [0.15, 0.2) is 11.0 Å². The summed E-state index contributed by atoms with van der Waals surface area (Å²) in [5, 5.41) is 23.3. The topological polar surface area (TPSA) is 172 Å². The number of carbonyl (C=O) groups is 1. The number of aliphatic hydroxyl groups is 2. The lowest BCUT2D eigenvalue weighted by Crippen LogP contribution is -2.45. The third-order valence-electron chi connectivity index (χ3n) is 7.99. The molecule has 272 valence electrons. The fourth-order valence-electron chi connectivity index (χ4n) is 5.23. The molecule has 17 heteroatoms. The number of hydrogen-bond acceptors (Lipinski definition) is 9. The van der Waals surface area contributed by atoms with Crippen molar-refractivity contribution in [1.82, 2.24) is 14.9 Å². The van der Waals surface area contributed by atoms with Crippen molar-refractivity contribution in [2.24, 2.45) is 0 Å². The van der Waals surface area contributed by atoms with E-state index in [-0.39, 0.29) is 11.2 Å². The van der Waals surface area contributed by atoms with E-state index in [1.807, 2.05) is 0 Å². The molecule has 47 heavy (non-hydrogen) atoms. The highest BCUT2D eigenvalue weighted by molar-refractivity contribution is 7.71. The second kappa shape index (κ2) is 20.1. The van der Waals surface area contributed by atoms with Gasteiger partial charge in [0.25, 0.3) is 5.56 Å². The summed E-state index contributed by atoms with van der Waals surface area (Å²) in [6, 6.07) is -0.329. The Hall–Kier alpha value is -1.65. The van der Waals surface area contributed by atoms with Gasteiger partial charge in [-0.05, 0) is 25.6 Å². The van der Waals surface area contributed by atoms with Crippen molar-refractivity contribution in [1.29, 1.82) is 0 Å². The molecule has 2 rings (SSSR count). The number of rotatable bonds is 23. The summed E-state index contributed by atoms with van der Waals surface area (Å²) in [6.07, 6.45) is 4.98. The van der Waals surface area contributed by atoms with Gasteiger partial charge in [0.2, 0.25) is 0 Å². The summed E-state index contributed by atoms with van der Waals surface area (Å²) in [5.74, 6) is -2.27. The van der Waals surface area contributed by atoms with Crippen LogP contribution in [-0.4, -0.2) is 73.8 Å². The Morgan fingerprint density at radius 1 is 1.13 bits per heavy atom. The minimum atomic E-state index is -5.41. The fourth-order valence-corrected chi connectivity index (χ4v) is 6.15. The van der Waals surface area contributed by atoms with Gasteiger partial charge in [-0.1, -0.05) is 96.8 Å². The number of amides is 1. The lowest BCUT2D eigenvalue weighted by atomic mass is 9.96. The number of aromatic amines is 1. The number of phosphoric ester groups is 1. The van der Waals surface area contributed by atoms with Crippen LogP contribution in [0.2, 0.25) is 0 Å². The van der Waals surface area contributed by atoms with E-state index in [2.05, 4.69) is 16.4 Å². The summed E-state index contributed by atoms with van der Waals surface area (Å²) >= 11 is 5.04. The third kappa shape index (κ3) is 14.8. The monoisotopic (exact) mass is 719 g/mol. The van der Waals surface area contributed by atoms with E-state index in [1.165, 1.54) is 44.9 Å². The van der Waals surface area contributed by atoms with Crippen LogP contribution in [0.5, 0.6) is 0 Å². The Morgan fingerprint density at radius 3 is 2.17 bits per heavy atom. The Morgan fingerprint density at radius 2 is 1.66 bits per heavy atom. The molecule has 0 aromatic carbocycles. The van der Waals surface area contributed by atoms with Crippen LogP contribution in [-0.2, 0) is 23.1 Å². The molecule has 1 aliphatic rings. The van der Waals surface area contributed by atoms with Crippen molar-refractivity contribution in [2.45, 2.75) is 146 Å². The quantitative estimate of drug-likeness (QED) is 0.0516. The number of halogens is 3. The lowest BCUT2D eigenvalue weighted by molar-refractivity contribution is -0.174. The zero-order valence-electron chi connectivity index (χ0n) is 29.0. The minimum Gasteiger partial charge on any atom is -0.387 e. The second-order valence-electron chi connectivity index (χ2n) is 12.1. The van der Waals surface area contributed by atoms with Crippen molar-refractivity contribution >= 4 is 25.9 Å². The predicted octanol–water partition coefficient (Wildman–Crippen LogP) is 5.97. The normalized spacial score (nSPS) is 24.4. The summed E-state index contributed by atoms with van der Waals surface area (Å²) in [4.78, 5) is 35.7. The number of carbonyl (C=O) groups excluding carboxylic acids is 1. The van der Waals surface area contributed by atoms with Gasteiger partial charge in [0.05, 0.1) is 21.9 Å². The minimum absolute atomic E-state index is 0.0262. The second-order valence-corrected chi connectivity index (χ2v) is 13.9. The van der Waals surface area contributed by atoms with Gasteiger partial charge < -0.3 is 25.2 Å². The first kappa shape index (κ1) is 38.2. The number of alkyl halides is 3. The summed E-state index contributed by atoms with van der Waals surface area (Å²) in [7, 11) is -5.41. The van der Waals surface area contributed by atoms with Gasteiger partial charge in [0, 0.05) is 12.3 Å². The molecule has 1 aliphatic heterocycles. The number of aliphatic hydroxyl groups excluding tert-OH is 1. The molecule has 6 atom stereocenters. The SMILES string of the molecule is [2H]C([2H])(OP(=O)(O)OC[C@H](CCCCCCCCCCCCCCCC)NC(=O)C(F)(F)F)[C@H]1O[C@@H](n2ccc(=O)[nH]c2=S)C(C)(O)[C@H]1O. The van der Waals surface area contributed by atoms with Crippen LogP contribution in [0, 0.1) is 4.77 Å². The number of aromatic nitrogens is 2. The van der Waals surface area contributed by atoms with Crippen molar-refractivity contribution in [3.8, 4) is 0 Å². The fraction of sp³-hybridized carbons (Fsp3) is 0.833. The molecule has 1 fully saturated rings. The molecule has 1 aromatic rings. The molecule has 1 amide bonds. The molecule has 2 unspecified atom stereocenters. The standard InChI is InChI=1S/C30H51F3N3O9PS/c1-3-4-5-6-7-8-9-10-11-12-13-14-15-16-17-22(34-26(39)30(31,32)33)20-43-46(41,42)44-21-23-25(38)29(2,40)27(45-23)36-19-18-24(37)35-28(36)47/h18-19,22-23,25,27,38,40H,3-17,20-21H2,1-2H3,(H,34,39)(H,41,42)(H,35,37,47)/t22-,23+,25-,27+,29?/m0/s1/i21D2. The zero-order chi connectivity index (χ0) is 36.9. The number of phosphoric acid groups is 1. The molecule has 5 N–H and O–H groups in total. The van der Waals surface area contributed by atoms with E-state index in [9.17, 15) is 42.4 Å². The molecule has 0 spiro atoms. The van der Waals surface area contributed by atoms with Gasteiger partial charge >= 0.3 is 19.9 Å². The molecule has 1 aromatic heterocycles. The average molecular weight is 720 g/mol. The van der Waals surface area contributed by atoms with E-state index in [4.69, 9.17) is 24.2 Å². The number of hydrogen-bond donors (Lipinski definition) is 5. The predicted molar refractivity (Wildman–Crippen MR) is 171 cm³/mol. The number of unbranched alkanes of at least 4 members (excludes halogenated alkanes) is 13. The van der Waals surface area contributed by atoms with Crippen LogP contribution in [0.4, 0.5) is 13.2 Å². The van der Waals surface area contributed by atoms with E-state index >= 15 is 0 Å². The van der Waals surface area contributed by atoms with Gasteiger partial charge in [-0.15, -0.1) is 0 Å². The van der Waals surface area contributed by atoms with Gasteiger partial charge in [-0.3, -0.25) is 28.2 Å². The number of H-pyrrole nitrogens is 1. The van der Waals surface area contributed by atoms with Crippen molar-refractivity contribution < 1.29 is 54.2 Å². The van der Waals surface area contributed by atoms with Crippen molar-refractivity contribution in [2.75, 3.05) is 13.2 Å². The maximum atomic E-state index is 13.0. The van der Waals surface area contributed by atoms with Crippen LogP contribution >= 0.6 is 20.0 Å². The zero-order valence-corrected chi connectivity index (χ0v) is 28.7. The maximum absolute atomic E-state index is 13.0. The van der Waals surface area contributed by atoms with Gasteiger partial charge in [0.1, 0.15) is 17.8 Å². The summed E-state index contributed by atoms with van der Waals surface area (Å²) in [6.45, 7) is -0.972. The molecular weight excluding hydrogens is 666 g/mol. The molecular formula is C30H51F3N3O9PS. The van der Waals surface area contributed by atoms with E-state index in [0.29, 0.717) is 12.8 Å². The van der Waals surface area contributed by atoms with Crippen LogP contribution in [0.25, 0.3) is 0 Å². The Kier molecular flexibility index (Phi) is 16.3. The summed E-state index contributed by atoms with van der Waals surface area (Å²) < 4.78 is 83.8. The molecule has 0 bridgehead atoms. The van der Waals surface area contributed by atoms with Crippen LogP contribution < -0.4 is 10.9 Å². The van der Waals surface area contributed by atoms with Gasteiger partial charge in [-0.25, -0.2) is 4.57 Å². The lowest BCUT2D eigenvalue weighted by Gasteiger charge is -2.28. The van der Waals surface area contributed by atoms with Crippen molar-refractivity contribution in [3.63, 3.8) is 0 Å².